The molecule has 0 amide bonds. The molecule has 0 saturated heterocycles. The van der Waals surface area contributed by atoms with Crippen molar-refractivity contribution in [3.63, 3.8) is 0 Å². The van der Waals surface area contributed by atoms with Gasteiger partial charge < -0.3 is 10.1 Å². The number of hydrogen-bond donors (Lipinski definition) is 1. The molecule has 0 heterocycles. The van der Waals surface area contributed by atoms with Crippen LogP contribution in [0.4, 0.5) is 0 Å². The summed E-state index contributed by atoms with van der Waals surface area (Å²) >= 11 is 0. The third-order valence-corrected chi connectivity index (χ3v) is 6.15. The van der Waals surface area contributed by atoms with Crippen LogP contribution < -0.4 is 56.5 Å². The Balaban J connectivity index is 0. The average molecular weight is 472 g/mol. The predicted molar refractivity (Wildman–Crippen MR) is 122 cm³/mol. The fourth-order valence-electron chi connectivity index (χ4n) is 3.50. The van der Waals surface area contributed by atoms with Crippen LogP contribution in [0.2, 0.25) is 0 Å². The third kappa shape index (κ3) is 29.0. The molecule has 0 bridgehead atoms. The SMILES string of the molecule is CCCCCCCCCCCCCCCCCCC([O-])=NCCCCS(=O)(=O)O.[K+]. The number of hydrogen-bond acceptors (Lipinski definition) is 4. The second-order valence-corrected chi connectivity index (χ2v) is 9.89. The monoisotopic (exact) mass is 471 g/mol. The second-order valence-electron chi connectivity index (χ2n) is 8.32. The number of rotatable bonds is 22. The van der Waals surface area contributed by atoms with Gasteiger partial charge in [-0.15, -0.1) is 0 Å². The maximum atomic E-state index is 11.6. The summed E-state index contributed by atoms with van der Waals surface area (Å²) in [6, 6.07) is 0. The van der Waals surface area contributed by atoms with Gasteiger partial charge in [0.2, 0.25) is 0 Å². The maximum Gasteiger partial charge on any atom is 1.00 e. The molecule has 30 heavy (non-hydrogen) atoms. The minimum Gasteiger partial charge on any atom is -0.862 e. The van der Waals surface area contributed by atoms with E-state index in [1.54, 1.807) is 0 Å². The Morgan fingerprint density at radius 2 is 1.10 bits per heavy atom. The quantitative estimate of drug-likeness (QED) is 0.0864. The molecule has 0 aliphatic carbocycles. The zero-order valence-corrected chi connectivity index (χ0v) is 23.8. The van der Waals surface area contributed by atoms with Crippen LogP contribution in [0.3, 0.4) is 0 Å². The molecular weight excluding hydrogens is 425 g/mol. The molecule has 7 heteroatoms. The van der Waals surface area contributed by atoms with E-state index in [0.717, 1.165) is 12.8 Å². The summed E-state index contributed by atoms with van der Waals surface area (Å²) < 4.78 is 29.7. The van der Waals surface area contributed by atoms with Crippen LogP contribution in [0.15, 0.2) is 4.99 Å². The summed E-state index contributed by atoms with van der Waals surface area (Å²) in [5.41, 5.74) is 0. The van der Waals surface area contributed by atoms with E-state index < -0.39 is 10.1 Å². The Hall–Kier alpha value is 1.02. The molecule has 0 aromatic carbocycles. The first kappa shape index (κ1) is 33.2. The van der Waals surface area contributed by atoms with Gasteiger partial charge in [-0.25, -0.2) is 0 Å². The average Bonchev–Trinajstić information content (AvgIpc) is 2.66. The van der Waals surface area contributed by atoms with E-state index in [2.05, 4.69) is 11.9 Å². The Labute approximate surface area is 229 Å². The van der Waals surface area contributed by atoms with Crippen LogP contribution in [0.5, 0.6) is 0 Å². The summed E-state index contributed by atoms with van der Waals surface area (Å²) in [7, 11) is -3.89. The normalized spacial score (nSPS) is 12.1. The fourth-order valence-corrected chi connectivity index (χ4v) is 4.07. The Kier molecular flexibility index (Phi) is 27.3. The maximum absolute atomic E-state index is 11.6. The van der Waals surface area contributed by atoms with E-state index in [1.807, 2.05) is 0 Å². The van der Waals surface area contributed by atoms with E-state index in [1.165, 1.54) is 89.9 Å². The summed E-state index contributed by atoms with van der Waals surface area (Å²) in [5.74, 6) is -0.335. The summed E-state index contributed by atoms with van der Waals surface area (Å²) in [6.45, 7) is 2.62. The Morgan fingerprint density at radius 1 is 0.700 bits per heavy atom. The predicted octanol–water partition coefficient (Wildman–Crippen LogP) is 3.07. The fraction of sp³-hybridized carbons (Fsp3) is 0.957. The minimum atomic E-state index is -3.89. The van der Waals surface area contributed by atoms with Gasteiger partial charge in [0.1, 0.15) is 0 Å². The van der Waals surface area contributed by atoms with Gasteiger partial charge in [-0.1, -0.05) is 103 Å². The van der Waals surface area contributed by atoms with E-state index in [-0.39, 0.29) is 63.0 Å². The smallest absolute Gasteiger partial charge is 0.862 e. The van der Waals surface area contributed by atoms with Crippen molar-refractivity contribution in [1.82, 2.24) is 0 Å². The van der Waals surface area contributed by atoms with E-state index in [9.17, 15) is 13.5 Å². The van der Waals surface area contributed by atoms with Crippen LogP contribution in [0, 0.1) is 0 Å². The molecule has 0 aromatic rings. The standard InChI is InChI=1S/C23H47NO4S.K/c1-2-3-4-5-6-7-8-9-10-11-12-13-14-15-16-17-20-23(25)24-21-18-19-22-29(26,27)28;/h2-22H2,1H3,(H,24,25)(H,26,27,28);/q;+1/p-1. The van der Waals surface area contributed by atoms with E-state index in [0.29, 0.717) is 25.8 Å². The first-order valence-electron chi connectivity index (χ1n) is 12.1. The minimum absolute atomic E-state index is 0. The van der Waals surface area contributed by atoms with Gasteiger partial charge in [0.25, 0.3) is 10.1 Å². The van der Waals surface area contributed by atoms with Crippen LogP contribution in [-0.4, -0.2) is 31.2 Å². The van der Waals surface area contributed by atoms with Crippen LogP contribution in [0.25, 0.3) is 0 Å². The summed E-state index contributed by atoms with van der Waals surface area (Å²) in [4.78, 5) is 3.94. The Morgan fingerprint density at radius 3 is 1.50 bits per heavy atom. The van der Waals surface area contributed by atoms with Crippen molar-refractivity contribution in [2.45, 2.75) is 129 Å². The van der Waals surface area contributed by atoms with Gasteiger partial charge in [0.15, 0.2) is 0 Å². The topological polar surface area (TPSA) is 89.8 Å². The molecular formula is C23H46KNO4S. The van der Waals surface area contributed by atoms with Crippen LogP contribution in [0.1, 0.15) is 129 Å². The van der Waals surface area contributed by atoms with Crippen molar-refractivity contribution in [1.29, 1.82) is 0 Å². The first-order valence-corrected chi connectivity index (χ1v) is 13.7. The van der Waals surface area contributed by atoms with Crippen molar-refractivity contribution in [2.24, 2.45) is 4.99 Å². The number of nitrogens with zero attached hydrogens (tertiary/aromatic N) is 1. The molecule has 174 valence electrons. The van der Waals surface area contributed by atoms with Gasteiger partial charge in [-0.05, 0) is 31.6 Å². The molecule has 0 aliphatic heterocycles. The molecule has 5 nitrogen and oxygen atoms in total. The van der Waals surface area contributed by atoms with Gasteiger partial charge in [-0.2, -0.15) is 8.42 Å². The van der Waals surface area contributed by atoms with Crippen molar-refractivity contribution in [3.05, 3.63) is 0 Å². The van der Waals surface area contributed by atoms with E-state index in [4.69, 9.17) is 4.55 Å². The summed E-state index contributed by atoms with van der Waals surface area (Å²) in [6.07, 6.45) is 22.4. The first-order chi connectivity index (χ1) is 14.0. The molecule has 0 aliphatic rings. The third-order valence-electron chi connectivity index (χ3n) is 5.34. The van der Waals surface area contributed by atoms with Crippen molar-refractivity contribution in [3.8, 4) is 0 Å². The van der Waals surface area contributed by atoms with Gasteiger partial charge in [0.05, 0.1) is 5.75 Å². The molecule has 0 aromatic heterocycles. The second kappa shape index (κ2) is 24.7. The molecule has 0 atom stereocenters. The van der Waals surface area contributed by atoms with Crippen molar-refractivity contribution < 1.29 is 69.5 Å². The largest absolute Gasteiger partial charge is 1.00 e. The van der Waals surface area contributed by atoms with Crippen molar-refractivity contribution in [2.75, 3.05) is 12.3 Å². The number of aliphatic imine (C=N–C) groups is 1. The van der Waals surface area contributed by atoms with Gasteiger partial charge in [0, 0.05) is 6.54 Å². The number of unbranched alkanes of at least 4 members (excludes halogenated alkanes) is 16. The van der Waals surface area contributed by atoms with Crippen LogP contribution in [-0.2, 0) is 10.1 Å². The molecule has 0 unspecified atom stereocenters. The van der Waals surface area contributed by atoms with Crippen molar-refractivity contribution >= 4 is 16.0 Å². The molecule has 0 saturated carbocycles. The van der Waals surface area contributed by atoms with E-state index >= 15 is 0 Å². The van der Waals surface area contributed by atoms with Gasteiger partial charge >= 0.3 is 51.4 Å². The molecule has 0 spiro atoms. The summed E-state index contributed by atoms with van der Waals surface area (Å²) in [5, 5.41) is 11.6. The zero-order chi connectivity index (χ0) is 21.6. The van der Waals surface area contributed by atoms with Crippen LogP contribution >= 0.6 is 0 Å². The molecule has 0 radical (unpaired) electrons. The van der Waals surface area contributed by atoms with Gasteiger partial charge in [-0.3, -0.25) is 4.55 Å². The molecule has 0 rings (SSSR count). The zero-order valence-electron chi connectivity index (χ0n) is 19.9. The molecule has 1 N–H and O–H groups in total. The molecule has 0 fully saturated rings. The Bertz CT molecular complexity index is 484.